The van der Waals surface area contributed by atoms with Crippen LogP contribution >= 0.6 is 11.3 Å². The van der Waals surface area contributed by atoms with Gasteiger partial charge in [0.25, 0.3) is 0 Å². The van der Waals surface area contributed by atoms with Gasteiger partial charge in [-0.05, 0) is 54.0 Å². The summed E-state index contributed by atoms with van der Waals surface area (Å²) in [5.41, 5.74) is 4.00. The number of benzene rings is 3. The second-order valence-electron chi connectivity index (χ2n) is 6.84. The monoisotopic (exact) mass is 399 g/mol. The van der Waals surface area contributed by atoms with Crippen LogP contribution in [0.2, 0.25) is 0 Å². The van der Waals surface area contributed by atoms with Gasteiger partial charge in [0.15, 0.2) is 0 Å². The molecule has 1 aromatic heterocycles. The van der Waals surface area contributed by atoms with Gasteiger partial charge in [0, 0.05) is 0 Å². The Kier molecular flexibility index (Phi) is 5.54. The number of hydrogen-bond acceptors (Lipinski definition) is 4. The topological polar surface area (TPSA) is 39.2 Å². The van der Waals surface area contributed by atoms with E-state index in [1.54, 1.807) is 25.4 Å². The normalized spacial score (nSPS) is 12.3. The minimum atomic E-state index is -0.295. The number of fused-ring (bicyclic) bond motifs is 1. The zero-order valence-corrected chi connectivity index (χ0v) is 17.1. The summed E-state index contributed by atoms with van der Waals surface area (Å²) in [4.78, 5) is 17.1. The van der Waals surface area contributed by atoms with Crippen molar-refractivity contribution in [2.45, 2.75) is 12.8 Å². The third-order valence-corrected chi connectivity index (χ3v) is 5.83. The van der Waals surface area contributed by atoms with E-state index in [0.29, 0.717) is 0 Å². The van der Waals surface area contributed by atoms with Crippen molar-refractivity contribution < 1.29 is 9.53 Å². The lowest BCUT2D eigenvalue weighted by atomic mass is 9.87. The third-order valence-electron chi connectivity index (χ3n) is 4.83. The van der Waals surface area contributed by atoms with Crippen LogP contribution < -0.4 is 4.74 Å². The highest BCUT2D eigenvalue weighted by Crippen LogP contribution is 2.29. The number of ketones is 1. The average Bonchev–Trinajstić information content (AvgIpc) is 3.16. The van der Waals surface area contributed by atoms with Gasteiger partial charge in [0.05, 0.1) is 23.2 Å². The van der Waals surface area contributed by atoms with Crippen LogP contribution in [0.1, 0.15) is 34.5 Å². The molecule has 0 aliphatic rings. The maximum atomic E-state index is 12.4. The molecule has 0 N–H and O–H groups in total. The molecule has 0 radical (unpaired) electrons. The summed E-state index contributed by atoms with van der Waals surface area (Å²) < 4.78 is 6.41. The lowest BCUT2D eigenvalue weighted by Crippen LogP contribution is -2.10. The lowest BCUT2D eigenvalue weighted by Gasteiger charge is -2.16. The van der Waals surface area contributed by atoms with Crippen LogP contribution in [0.25, 0.3) is 22.4 Å². The molecule has 0 saturated heterocycles. The average molecular weight is 400 g/mol. The number of methoxy groups -OCH3 is 1. The van der Waals surface area contributed by atoms with E-state index in [-0.39, 0.29) is 11.7 Å². The quantitative estimate of drug-likeness (QED) is 0.388. The van der Waals surface area contributed by atoms with E-state index in [1.165, 1.54) is 4.70 Å². The molecule has 1 atom stereocenters. The molecule has 4 aromatic rings. The predicted molar refractivity (Wildman–Crippen MR) is 121 cm³/mol. The number of para-hydroxylation sites is 1. The Bertz CT molecular complexity index is 1140. The first-order valence-electron chi connectivity index (χ1n) is 9.42. The third kappa shape index (κ3) is 4.28. The molecule has 1 unspecified atom stereocenters. The van der Waals surface area contributed by atoms with Crippen molar-refractivity contribution in [1.29, 1.82) is 0 Å². The number of rotatable bonds is 6. The Morgan fingerprint density at radius 1 is 0.966 bits per heavy atom. The first kappa shape index (κ1) is 19.1. The summed E-state index contributed by atoms with van der Waals surface area (Å²) in [6.45, 7) is 1.64. The van der Waals surface area contributed by atoms with Gasteiger partial charge in [-0.15, -0.1) is 11.3 Å². The summed E-state index contributed by atoms with van der Waals surface area (Å²) in [5.74, 6) is 0.600. The van der Waals surface area contributed by atoms with E-state index >= 15 is 0 Å². The van der Waals surface area contributed by atoms with Crippen molar-refractivity contribution in [2.75, 3.05) is 7.11 Å². The lowest BCUT2D eigenvalue weighted by molar-refractivity contribution is -0.117. The van der Waals surface area contributed by atoms with Crippen molar-refractivity contribution in [2.24, 2.45) is 0 Å². The molecule has 0 amide bonds. The predicted octanol–water partition coefficient (Wildman–Crippen LogP) is 6.20. The Hall–Kier alpha value is -3.24. The number of thiazole rings is 1. The van der Waals surface area contributed by atoms with Gasteiger partial charge < -0.3 is 4.74 Å². The second kappa shape index (κ2) is 8.41. The molecular formula is C25H21NO2S. The Morgan fingerprint density at radius 3 is 2.48 bits per heavy atom. The zero-order chi connectivity index (χ0) is 20.2. The fourth-order valence-electron chi connectivity index (χ4n) is 3.43. The molecule has 0 saturated carbocycles. The minimum Gasteiger partial charge on any atom is -0.497 e. The van der Waals surface area contributed by atoms with E-state index in [2.05, 4.69) is 17.1 Å². The number of ether oxygens (including phenoxy) is 1. The first-order chi connectivity index (χ1) is 14.1. The van der Waals surface area contributed by atoms with Crippen molar-refractivity contribution in [1.82, 2.24) is 4.98 Å². The van der Waals surface area contributed by atoms with Crippen molar-refractivity contribution in [3.8, 4) is 5.75 Å². The van der Waals surface area contributed by atoms with Gasteiger partial charge in [-0.25, -0.2) is 4.98 Å². The SMILES string of the molecule is COc1ccc(C(C(C)=O)c2cccc(C=Cc3nc4ccccc4s3)c2)cc1. The second-order valence-corrected chi connectivity index (χ2v) is 7.90. The summed E-state index contributed by atoms with van der Waals surface area (Å²) in [7, 11) is 1.64. The zero-order valence-electron chi connectivity index (χ0n) is 16.3. The first-order valence-corrected chi connectivity index (χ1v) is 10.2. The molecular weight excluding hydrogens is 378 g/mol. The van der Waals surface area contributed by atoms with Crippen molar-refractivity contribution in [3.05, 3.63) is 94.5 Å². The summed E-state index contributed by atoms with van der Waals surface area (Å²) in [5, 5.41) is 0.967. The molecule has 1 heterocycles. The molecule has 0 fully saturated rings. The summed E-state index contributed by atoms with van der Waals surface area (Å²) in [6, 6.07) is 23.9. The number of Topliss-reactive ketones (excluding diaryl/α,β-unsaturated/α-hetero) is 1. The molecule has 3 aromatic carbocycles. The van der Waals surface area contributed by atoms with Crippen LogP contribution in [-0.2, 0) is 4.79 Å². The molecule has 4 heteroatoms. The standard InChI is InChI=1S/C25H21NO2S/c1-17(27)25(19-11-13-21(28-2)14-12-19)20-7-5-6-18(16-20)10-15-24-26-22-8-3-4-9-23(22)29-24/h3-16,25H,1-2H3. The highest BCUT2D eigenvalue weighted by molar-refractivity contribution is 7.19. The van der Waals surface area contributed by atoms with Gasteiger partial charge in [-0.2, -0.15) is 0 Å². The van der Waals surface area contributed by atoms with Gasteiger partial charge >= 0.3 is 0 Å². The molecule has 0 spiro atoms. The summed E-state index contributed by atoms with van der Waals surface area (Å²) in [6.07, 6.45) is 4.08. The molecule has 0 bridgehead atoms. The van der Waals surface area contributed by atoms with Gasteiger partial charge in [0.1, 0.15) is 16.5 Å². The smallest absolute Gasteiger partial charge is 0.141 e. The number of aromatic nitrogens is 1. The number of carbonyl (C=O) groups excluding carboxylic acids is 1. The maximum absolute atomic E-state index is 12.4. The van der Waals surface area contributed by atoms with Gasteiger partial charge in [0.2, 0.25) is 0 Å². The number of carbonyl (C=O) groups is 1. The number of nitrogens with zero attached hydrogens (tertiary/aromatic N) is 1. The molecule has 29 heavy (non-hydrogen) atoms. The minimum absolute atomic E-state index is 0.113. The molecule has 0 aliphatic heterocycles. The van der Waals surface area contributed by atoms with Crippen LogP contribution in [0.5, 0.6) is 5.75 Å². The van der Waals surface area contributed by atoms with Crippen LogP contribution in [-0.4, -0.2) is 17.9 Å². The highest BCUT2D eigenvalue weighted by Gasteiger charge is 2.19. The van der Waals surface area contributed by atoms with Gasteiger partial charge in [-0.3, -0.25) is 4.79 Å². The molecule has 3 nitrogen and oxygen atoms in total. The Labute approximate surface area is 174 Å². The summed E-state index contributed by atoms with van der Waals surface area (Å²) >= 11 is 1.67. The van der Waals surface area contributed by atoms with E-state index in [4.69, 9.17) is 4.74 Å². The molecule has 144 valence electrons. The largest absolute Gasteiger partial charge is 0.497 e. The van der Waals surface area contributed by atoms with Crippen LogP contribution in [0.15, 0.2) is 72.8 Å². The van der Waals surface area contributed by atoms with E-state index in [0.717, 1.165) is 33.0 Å². The van der Waals surface area contributed by atoms with E-state index in [1.807, 2.05) is 72.8 Å². The Morgan fingerprint density at radius 2 is 1.76 bits per heavy atom. The molecule has 0 aliphatic carbocycles. The van der Waals surface area contributed by atoms with E-state index in [9.17, 15) is 4.79 Å². The van der Waals surface area contributed by atoms with Crippen LogP contribution in [0.3, 0.4) is 0 Å². The number of hydrogen-bond donors (Lipinski definition) is 0. The fraction of sp³-hybridized carbons (Fsp3) is 0.120. The van der Waals surface area contributed by atoms with E-state index < -0.39 is 0 Å². The maximum Gasteiger partial charge on any atom is 0.141 e. The Balaban J connectivity index is 1.62. The highest BCUT2D eigenvalue weighted by atomic mass is 32.1. The fourth-order valence-corrected chi connectivity index (χ4v) is 4.30. The molecule has 4 rings (SSSR count). The van der Waals surface area contributed by atoms with Gasteiger partial charge in [-0.1, -0.05) is 54.6 Å². The van der Waals surface area contributed by atoms with Crippen molar-refractivity contribution >= 4 is 39.5 Å². The van der Waals surface area contributed by atoms with Crippen LogP contribution in [0, 0.1) is 0 Å². The van der Waals surface area contributed by atoms with Crippen LogP contribution in [0.4, 0.5) is 0 Å². The van der Waals surface area contributed by atoms with Crippen molar-refractivity contribution in [3.63, 3.8) is 0 Å².